The van der Waals surface area contributed by atoms with E-state index in [1.54, 1.807) is 0 Å². The van der Waals surface area contributed by atoms with Crippen molar-refractivity contribution in [3.8, 4) is 0 Å². The molecule has 0 saturated carbocycles. The molecule has 0 aliphatic carbocycles. The minimum absolute atomic E-state index is 0.165. The highest BCUT2D eigenvalue weighted by Crippen LogP contribution is 2.25. The molecule has 158 valence electrons. The SMILES string of the molecule is CCCN1C/C(=C\c2ccc3ccccc3c2)C(=O)/C(=C/c2ccc3ccccc3c2)C1. The summed E-state index contributed by atoms with van der Waals surface area (Å²) in [6, 6.07) is 29.5. The number of Topliss-reactive ketones (excluding diaryl/α,β-unsaturated/α-hetero) is 1. The number of fused-ring (bicyclic) bond motifs is 2. The van der Waals surface area contributed by atoms with E-state index < -0.39 is 0 Å². The van der Waals surface area contributed by atoms with E-state index in [0.29, 0.717) is 13.1 Å². The second-order valence-electron chi connectivity index (χ2n) is 8.59. The Hall–Kier alpha value is -3.49. The van der Waals surface area contributed by atoms with Gasteiger partial charge in [-0.05, 0) is 69.9 Å². The van der Waals surface area contributed by atoms with Crippen LogP contribution in [0.15, 0.2) is 96.1 Å². The van der Waals surface area contributed by atoms with Gasteiger partial charge in [-0.1, -0.05) is 79.7 Å². The number of rotatable bonds is 4. The molecule has 0 bridgehead atoms. The molecule has 0 aromatic heterocycles. The normalized spacial score (nSPS) is 17.6. The number of carbonyl (C=O) groups is 1. The van der Waals surface area contributed by atoms with Crippen molar-refractivity contribution >= 4 is 39.5 Å². The van der Waals surface area contributed by atoms with E-state index in [4.69, 9.17) is 0 Å². The van der Waals surface area contributed by atoms with Crippen molar-refractivity contribution in [2.24, 2.45) is 0 Å². The minimum atomic E-state index is 0.165. The first-order chi connectivity index (χ1) is 15.7. The summed E-state index contributed by atoms with van der Waals surface area (Å²) in [6.07, 6.45) is 5.22. The molecule has 1 saturated heterocycles. The van der Waals surface area contributed by atoms with Crippen LogP contribution in [0.3, 0.4) is 0 Å². The van der Waals surface area contributed by atoms with Crippen LogP contribution in [0.25, 0.3) is 33.7 Å². The fourth-order valence-electron chi connectivity index (χ4n) is 4.58. The van der Waals surface area contributed by atoms with Gasteiger partial charge in [0.05, 0.1) is 0 Å². The van der Waals surface area contributed by atoms with Crippen molar-refractivity contribution in [1.29, 1.82) is 0 Å². The van der Waals surface area contributed by atoms with Crippen LogP contribution in [0.1, 0.15) is 24.5 Å². The van der Waals surface area contributed by atoms with E-state index in [-0.39, 0.29) is 5.78 Å². The molecule has 0 radical (unpaired) electrons. The molecule has 0 spiro atoms. The summed E-state index contributed by atoms with van der Waals surface area (Å²) in [5, 5.41) is 4.83. The average Bonchev–Trinajstić information content (AvgIpc) is 2.82. The number of ketones is 1. The van der Waals surface area contributed by atoms with Crippen LogP contribution < -0.4 is 0 Å². The highest BCUT2D eigenvalue weighted by molar-refractivity contribution is 6.14. The van der Waals surface area contributed by atoms with E-state index in [1.165, 1.54) is 21.5 Å². The Kier molecular flexibility index (Phi) is 5.70. The van der Waals surface area contributed by atoms with Crippen LogP contribution in [-0.4, -0.2) is 30.3 Å². The van der Waals surface area contributed by atoms with Gasteiger partial charge in [0.25, 0.3) is 0 Å². The van der Waals surface area contributed by atoms with Crippen LogP contribution in [0.4, 0.5) is 0 Å². The van der Waals surface area contributed by atoms with E-state index in [2.05, 4.69) is 109 Å². The quantitative estimate of drug-likeness (QED) is 0.342. The molecule has 4 aromatic rings. The third-order valence-electron chi connectivity index (χ3n) is 6.14. The maximum absolute atomic E-state index is 13.4. The first-order valence-corrected chi connectivity index (χ1v) is 11.4. The standard InChI is InChI=1S/C30H27NO/c1-2-15-31-20-28(18-22-11-13-24-7-3-5-9-26(24)16-22)30(32)29(21-31)19-23-12-14-25-8-4-6-10-27(25)17-23/h3-14,16-19H,2,15,20-21H2,1H3/b28-18+,29-19+. The van der Waals surface area contributed by atoms with Crippen molar-refractivity contribution in [3.63, 3.8) is 0 Å². The predicted octanol–water partition coefficient (Wildman–Crippen LogP) is 6.75. The Labute approximate surface area is 189 Å². The molecule has 5 rings (SSSR count). The maximum atomic E-state index is 13.4. The van der Waals surface area contributed by atoms with Gasteiger partial charge in [0, 0.05) is 24.2 Å². The highest BCUT2D eigenvalue weighted by atomic mass is 16.1. The van der Waals surface area contributed by atoms with E-state index in [9.17, 15) is 4.79 Å². The van der Waals surface area contributed by atoms with Gasteiger partial charge in [-0.3, -0.25) is 9.69 Å². The molecule has 0 atom stereocenters. The smallest absolute Gasteiger partial charge is 0.187 e. The molecule has 2 heteroatoms. The molecule has 1 fully saturated rings. The molecule has 0 unspecified atom stereocenters. The molecule has 1 heterocycles. The zero-order valence-electron chi connectivity index (χ0n) is 18.4. The molecular formula is C30H27NO. The number of likely N-dealkylation sites (tertiary alicyclic amines) is 1. The van der Waals surface area contributed by atoms with Crippen LogP contribution in [0.5, 0.6) is 0 Å². The Morgan fingerprint density at radius 3 is 1.62 bits per heavy atom. The van der Waals surface area contributed by atoms with E-state index in [0.717, 1.165) is 35.2 Å². The van der Waals surface area contributed by atoms with Gasteiger partial charge < -0.3 is 0 Å². The summed E-state index contributed by atoms with van der Waals surface area (Å²) >= 11 is 0. The van der Waals surface area contributed by atoms with E-state index >= 15 is 0 Å². The minimum Gasteiger partial charge on any atom is -0.295 e. The second kappa shape index (κ2) is 8.94. The number of carbonyl (C=O) groups excluding carboxylic acids is 1. The first kappa shape index (κ1) is 20.4. The summed E-state index contributed by atoms with van der Waals surface area (Å²) in [5.74, 6) is 0.165. The summed E-state index contributed by atoms with van der Waals surface area (Å²) in [4.78, 5) is 15.8. The second-order valence-corrected chi connectivity index (χ2v) is 8.59. The summed E-state index contributed by atoms with van der Waals surface area (Å²) in [5.41, 5.74) is 3.89. The van der Waals surface area contributed by atoms with E-state index in [1.807, 2.05) is 0 Å². The lowest BCUT2D eigenvalue weighted by Crippen LogP contribution is -2.38. The largest absolute Gasteiger partial charge is 0.295 e. The Morgan fingerprint density at radius 2 is 1.16 bits per heavy atom. The van der Waals surface area contributed by atoms with Crippen molar-refractivity contribution in [1.82, 2.24) is 4.90 Å². The van der Waals surface area contributed by atoms with Gasteiger partial charge in [-0.2, -0.15) is 0 Å². The van der Waals surface area contributed by atoms with Crippen LogP contribution in [0, 0.1) is 0 Å². The first-order valence-electron chi connectivity index (χ1n) is 11.4. The monoisotopic (exact) mass is 417 g/mol. The zero-order valence-corrected chi connectivity index (χ0v) is 18.4. The van der Waals surface area contributed by atoms with Gasteiger partial charge >= 0.3 is 0 Å². The van der Waals surface area contributed by atoms with Crippen molar-refractivity contribution in [3.05, 3.63) is 107 Å². The number of hydrogen-bond donors (Lipinski definition) is 0. The van der Waals surface area contributed by atoms with Gasteiger partial charge in [0.1, 0.15) is 0 Å². The predicted molar refractivity (Wildman–Crippen MR) is 136 cm³/mol. The molecular weight excluding hydrogens is 390 g/mol. The fraction of sp³-hybridized carbons (Fsp3) is 0.167. The number of piperidine rings is 1. The molecule has 32 heavy (non-hydrogen) atoms. The Morgan fingerprint density at radius 1 is 0.688 bits per heavy atom. The highest BCUT2D eigenvalue weighted by Gasteiger charge is 2.25. The topological polar surface area (TPSA) is 20.3 Å². The Balaban J connectivity index is 1.51. The van der Waals surface area contributed by atoms with Gasteiger partial charge in [0.15, 0.2) is 5.78 Å². The maximum Gasteiger partial charge on any atom is 0.187 e. The number of nitrogens with zero attached hydrogens (tertiary/aromatic N) is 1. The number of benzene rings is 4. The van der Waals surface area contributed by atoms with Crippen LogP contribution in [-0.2, 0) is 4.79 Å². The Bertz CT molecular complexity index is 1260. The number of hydrogen-bond acceptors (Lipinski definition) is 2. The van der Waals surface area contributed by atoms with Gasteiger partial charge in [-0.15, -0.1) is 0 Å². The third kappa shape index (κ3) is 4.28. The molecule has 0 amide bonds. The molecule has 1 aliphatic rings. The fourth-order valence-corrected chi connectivity index (χ4v) is 4.58. The zero-order chi connectivity index (χ0) is 21.9. The van der Waals surface area contributed by atoms with Crippen LogP contribution >= 0.6 is 0 Å². The lowest BCUT2D eigenvalue weighted by atomic mass is 9.93. The van der Waals surface area contributed by atoms with Crippen LogP contribution in [0.2, 0.25) is 0 Å². The van der Waals surface area contributed by atoms with Crippen molar-refractivity contribution in [2.75, 3.05) is 19.6 Å². The summed E-state index contributed by atoms with van der Waals surface area (Å²) in [7, 11) is 0. The van der Waals surface area contributed by atoms with Gasteiger partial charge in [-0.25, -0.2) is 0 Å². The van der Waals surface area contributed by atoms with Crippen molar-refractivity contribution < 1.29 is 4.79 Å². The van der Waals surface area contributed by atoms with Crippen molar-refractivity contribution in [2.45, 2.75) is 13.3 Å². The molecule has 0 N–H and O–H groups in total. The summed E-state index contributed by atoms with van der Waals surface area (Å²) < 4.78 is 0. The average molecular weight is 418 g/mol. The molecule has 1 aliphatic heterocycles. The molecule has 2 nitrogen and oxygen atoms in total. The molecule has 4 aromatic carbocycles. The lowest BCUT2D eigenvalue weighted by Gasteiger charge is -2.29. The van der Waals surface area contributed by atoms with Gasteiger partial charge in [0.2, 0.25) is 0 Å². The summed E-state index contributed by atoms with van der Waals surface area (Å²) in [6.45, 7) is 4.58. The lowest BCUT2D eigenvalue weighted by molar-refractivity contribution is -0.113. The third-order valence-corrected chi connectivity index (χ3v) is 6.14.